The van der Waals surface area contributed by atoms with E-state index in [-0.39, 0.29) is 16.2 Å². The van der Waals surface area contributed by atoms with Gasteiger partial charge in [-0.05, 0) is 41.5 Å². The number of halogens is 2. The van der Waals surface area contributed by atoms with E-state index < -0.39 is 20.7 Å². The molecule has 1 atom stereocenters. The molecule has 0 saturated carbocycles. The number of benzene rings is 3. The van der Waals surface area contributed by atoms with Gasteiger partial charge in [0.05, 0.1) is 10.7 Å². The fraction of sp³-hybridized carbons (Fsp3) is 0.0952. The molecule has 1 aromatic heterocycles. The molecule has 0 saturated heterocycles. The molecule has 0 aliphatic heterocycles. The Labute approximate surface area is 182 Å². The molecule has 9 heteroatoms. The number of nitrogens with one attached hydrogen (secondary N) is 2. The molecule has 30 heavy (non-hydrogen) atoms. The molecule has 1 unspecified atom stereocenters. The Kier molecular flexibility index (Phi) is 5.64. The van der Waals surface area contributed by atoms with Gasteiger partial charge in [0.1, 0.15) is 10.7 Å². The molecule has 4 aromatic rings. The smallest absolute Gasteiger partial charge is 0.266 e. The average molecular weight is 462 g/mol. The van der Waals surface area contributed by atoms with Crippen LogP contribution in [0.5, 0.6) is 0 Å². The van der Waals surface area contributed by atoms with Crippen molar-refractivity contribution in [2.75, 3.05) is 10.0 Å². The third-order valence-corrected chi connectivity index (χ3v) is 7.10. The summed E-state index contributed by atoms with van der Waals surface area (Å²) in [5, 5.41) is 7.24. The minimum atomic E-state index is -4.15. The van der Waals surface area contributed by atoms with Crippen molar-refractivity contribution in [3.05, 3.63) is 82.6 Å². The number of fused-ring (bicyclic) bond motifs is 1. The average Bonchev–Trinajstić information content (AvgIpc) is 3.22. The largest absolute Gasteiger partial charge is 0.377 e. The Bertz CT molecular complexity index is 1310. The standard InChI is InChI=1S/C21H17ClFN3O2S2/c1-13(15-7-6-14-4-2-3-5-16(14)10-15)25-19-12-18(23)20(11-17(19)22)30(27,28)26-21-24-8-9-29-21/h2-13,25H,1H3,(H,24,26). The summed E-state index contributed by atoms with van der Waals surface area (Å²) in [7, 11) is -4.15. The Balaban J connectivity index is 1.59. The Hall–Kier alpha value is -2.68. The molecule has 5 nitrogen and oxygen atoms in total. The lowest BCUT2D eigenvalue weighted by Crippen LogP contribution is -2.15. The van der Waals surface area contributed by atoms with Gasteiger partial charge in [0.15, 0.2) is 5.13 Å². The molecule has 2 N–H and O–H groups in total. The highest BCUT2D eigenvalue weighted by Crippen LogP contribution is 2.32. The minimum Gasteiger partial charge on any atom is -0.377 e. The van der Waals surface area contributed by atoms with Gasteiger partial charge in [0.25, 0.3) is 10.0 Å². The zero-order chi connectivity index (χ0) is 21.3. The molecule has 0 aliphatic carbocycles. The number of sulfonamides is 1. The summed E-state index contributed by atoms with van der Waals surface area (Å²) in [6.07, 6.45) is 1.45. The number of nitrogens with zero attached hydrogens (tertiary/aromatic N) is 1. The van der Waals surface area contributed by atoms with Crippen LogP contribution in [0.1, 0.15) is 18.5 Å². The molecule has 0 spiro atoms. The summed E-state index contributed by atoms with van der Waals surface area (Å²) in [4.78, 5) is 3.32. The SMILES string of the molecule is CC(Nc1cc(F)c(S(=O)(=O)Nc2nccs2)cc1Cl)c1ccc2ccccc2c1. The fourth-order valence-electron chi connectivity index (χ4n) is 3.08. The Morgan fingerprint density at radius 3 is 2.60 bits per heavy atom. The van der Waals surface area contributed by atoms with E-state index >= 15 is 0 Å². The normalized spacial score (nSPS) is 12.6. The monoisotopic (exact) mass is 461 g/mol. The van der Waals surface area contributed by atoms with Gasteiger partial charge >= 0.3 is 0 Å². The van der Waals surface area contributed by atoms with Gasteiger partial charge in [-0.3, -0.25) is 4.72 Å². The number of thiazole rings is 1. The fourth-order valence-corrected chi connectivity index (χ4v) is 5.24. The van der Waals surface area contributed by atoms with E-state index in [2.05, 4.69) is 15.0 Å². The quantitative estimate of drug-likeness (QED) is 0.366. The van der Waals surface area contributed by atoms with Crippen LogP contribution in [-0.2, 0) is 10.0 Å². The van der Waals surface area contributed by atoms with Crippen LogP contribution in [0, 0.1) is 5.82 Å². The van der Waals surface area contributed by atoms with E-state index in [4.69, 9.17) is 11.6 Å². The van der Waals surface area contributed by atoms with E-state index in [9.17, 15) is 12.8 Å². The summed E-state index contributed by atoms with van der Waals surface area (Å²) < 4.78 is 41.9. The maximum absolute atomic E-state index is 14.7. The van der Waals surface area contributed by atoms with Gasteiger partial charge in [-0.1, -0.05) is 48.0 Å². The lowest BCUT2D eigenvalue weighted by Gasteiger charge is -2.18. The van der Waals surface area contributed by atoms with Crippen molar-refractivity contribution < 1.29 is 12.8 Å². The van der Waals surface area contributed by atoms with Gasteiger partial charge < -0.3 is 5.32 Å². The van der Waals surface area contributed by atoms with Crippen molar-refractivity contribution in [2.24, 2.45) is 0 Å². The Morgan fingerprint density at radius 2 is 1.87 bits per heavy atom. The molecule has 0 aliphatic rings. The second-order valence-corrected chi connectivity index (χ2v) is 9.63. The van der Waals surface area contributed by atoms with E-state index in [1.54, 1.807) is 5.38 Å². The van der Waals surface area contributed by atoms with Crippen molar-refractivity contribution in [3.8, 4) is 0 Å². The van der Waals surface area contributed by atoms with E-state index in [0.29, 0.717) is 5.69 Å². The summed E-state index contributed by atoms with van der Waals surface area (Å²) in [6.45, 7) is 1.92. The number of rotatable bonds is 6. The van der Waals surface area contributed by atoms with E-state index in [0.717, 1.165) is 39.8 Å². The van der Waals surface area contributed by atoms with E-state index in [1.165, 1.54) is 6.20 Å². The maximum atomic E-state index is 14.7. The minimum absolute atomic E-state index is 0.101. The topological polar surface area (TPSA) is 71.1 Å². The molecule has 154 valence electrons. The highest BCUT2D eigenvalue weighted by atomic mass is 35.5. The number of hydrogen-bond donors (Lipinski definition) is 2. The van der Waals surface area contributed by atoms with Crippen molar-refractivity contribution >= 4 is 54.6 Å². The zero-order valence-electron chi connectivity index (χ0n) is 15.8. The van der Waals surface area contributed by atoms with Crippen molar-refractivity contribution in [3.63, 3.8) is 0 Å². The van der Waals surface area contributed by atoms with Crippen molar-refractivity contribution in [2.45, 2.75) is 17.9 Å². The molecule has 0 bridgehead atoms. The first-order valence-corrected chi connectivity index (χ1v) is 11.7. The predicted molar refractivity (Wildman–Crippen MR) is 120 cm³/mol. The molecule has 3 aromatic carbocycles. The van der Waals surface area contributed by atoms with Crippen LogP contribution in [0.4, 0.5) is 15.2 Å². The molecular weight excluding hydrogens is 445 g/mol. The van der Waals surface area contributed by atoms with Crippen LogP contribution in [0.15, 0.2) is 71.1 Å². The lowest BCUT2D eigenvalue weighted by atomic mass is 10.0. The van der Waals surface area contributed by atoms with Crippen LogP contribution in [0.25, 0.3) is 10.8 Å². The lowest BCUT2D eigenvalue weighted by molar-refractivity contribution is 0.570. The molecule has 0 radical (unpaired) electrons. The molecule has 1 heterocycles. The summed E-state index contributed by atoms with van der Waals surface area (Å²) in [6, 6.07) is 16.1. The number of anilines is 2. The highest BCUT2D eigenvalue weighted by Gasteiger charge is 2.23. The van der Waals surface area contributed by atoms with Crippen LogP contribution >= 0.6 is 22.9 Å². The maximum Gasteiger partial charge on any atom is 0.266 e. The summed E-state index contributed by atoms with van der Waals surface area (Å²) in [5.74, 6) is -0.906. The summed E-state index contributed by atoms with van der Waals surface area (Å²) >= 11 is 7.38. The number of hydrogen-bond acceptors (Lipinski definition) is 5. The van der Waals surface area contributed by atoms with Crippen molar-refractivity contribution in [1.82, 2.24) is 4.98 Å². The zero-order valence-corrected chi connectivity index (χ0v) is 18.2. The second kappa shape index (κ2) is 8.22. The predicted octanol–water partition coefficient (Wildman–Crippen LogP) is 6.06. The van der Waals surface area contributed by atoms with Gasteiger partial charge in [0.2, 0.25) is 0 Å². The van der Waals surface area contributed by atoms with Gasteiger partial charge in [-0.2, -0.15) is 0 Å². The second-order valence-electron chi connectivity index (χ2n) is 6.68. The Morgan fingerprint density at radius 1 is 1.10 bits per heavy atom. The first kappa shape index (κ1) is 20.6. The van der Waals surface area contributed by atoms with Crippen molar-refractivity contribution in [1.29, 1.82) is 0 Å². The molecular formula is C21H17ClFN3O2S2. The first-order valence-electron chi connectivity index (χ1n) is 9.00. The third-order valence-electron chi connectivity index (χ3n) is 4.61. The third kappa shape index (κ3) is 4.26. The number of aromatic nitrogens is 1. The van der Waals surface area contributed by atoms with Crippen LogP contribution < -0.4 is 10.0 Å². The van der Waals surface area contributed by atoms with Crippen LogP contribution in [-0.4, -0.2) is 13.4 Å². The molecule has 0 amide bonds. The van der Waals surface area contributed by atoms with Crippen LogP contribution in [0.2, 0.25) is 5.02 Å². The highest BCUT2D eigenvalue weighted by molar-refractivity contribution is 7.93. The van der Waals surface area contributed by atoms with E-state index in [1.807, 2.05) is 49.4 Å². The van der Waals surface area contributed by atoms with Gasteiger partial charge in [-0.15, -0.1) is 11.3 Å². The van der Waals surface area contributed by atoms with Gasteiger partial charge in [0, 0.05) is 17.6 Å². The molecule has 0 fully saturated rings. The van der Waals surface area contributed by atoms with Gasteiger partial charge in [-0.25, -0.2) is 17.8 Å². The first-order chi connectivity index (χ1) is 14.3. The summed E-state index contributed by atoms with van der Waals surface area (Å²) in [5.41, 5.74) is 1.30. The van der Waals surface area contributed by atoms with Crippen LogP contribution in [0.3, 0.4) is 0 Å². The molecule has 4 rings (SSSR count).